The number of ketones is 1. The highest BCUT2D eigenvalue weighted by atomic mass is 16.6. The smallest absolute Gasteiger partial charge is 0.407 e. The average Bonchev–Trinajstić information content (AvgIpc) is 2.93. The number of carbonyl (C=O) groups is 3. The molecule has 0 unspecified atom stereocenters. The number of hydrogen-bond acceptors (Lipinski definition) is 7. The molecule has 0 aromatic heterocycles. The number of para-hydroxylation sites is 1. The van der Waals surface area contributed by atoms with Gasteiger partial charge in [0.1, 0.15) is 17.1 Å². The molecule has 1 heterocycles. The van der Waals surface area contributed by atoms with Crippen LogP contribution in [0.25, 0.3) is 0 Å². The zero-order chi connectivity index (χ0) is 30.7. The molecular formula is C33H54N4O5. The van der Waals surface area contributed by atoms with Crippen LogP contribution in [0.2, 0.25) is 0 Å². The fourth-order valence-corrected chi connectivity index (χ4v) is 6.02. The lowest BCUT2D eigenvalue weighted by Crippen LogP contribution is -2.40. The van der Waals surface area contributed by atoms with Gasteiger partial charge in [0.25, 0.3) is 0 Å². The summed E-state index contributed by atoms with van der Waals surface area (Å²) in [7, 11) is 4.08. The lowest BCUT2D eigenvalue weighted by molar-refractivity contribution is -0.131. The van der Waals surface area contributed by atoms with Gasteiger partial charge in [-0.15, -0.1) is 0 Å². The van der Waals surface area contributed by atoms with E-state index < -0.39 is 17.6 Å². The third-order valence-corrected chi connectivity index (χ3v) is 8.40. The second kappa shape index (κ2) is 16.3. The first-order valence-electron chi connectivity index (χ1n) is 15.8. The number of rotatable bonds is 14. The van der Waals surface area contributed by atoms with Crippen LogP contribution in [0.4, 0.5) is 4.79 Å². The predicted molar refractivity (Wildman–Crippen MR) is 165 cm³/mol. The van der Waals surface area contributed by atoms with Gasteiger partial charge in [0.05, 0.1) is 18.7 Å². The van der Waals surface area contributed by atoms with E-state index in [9.17, 15) is 14.4 Å². The summed E-state index contributed by atoms with van der Waals surface area (Å²) in [6.45, 7) is 7.67. The zero-order valence-corrected chi connectivity index (χ0v) is 26.5. The van der Waals surface area contributed by atoms with E-state index in [1.54, 1.807) is 0 Å². The molecule has 9 heteroatoms. The number of carbonyl (C=O) groups excluding carboxylic acids is 3. The van der Waals surface area contributed by atoms with Crippen molar-refractivity contribution in [1.29, 1.82) is 0 Å². The Morgan fingerprint density at radius 2 is 1.74 bits per heavy atom. The minimum Gasteiger partial charge on any atom is -0.493 e. The van der Waals surface area contributed by atoms with Crippen LogP contribution in [0.1, 0.15) is 96.6 Å². The number of nitrogens with one attached hydrogen (secondary N) is 2. The van der Waals surface area contributed by atoms with Crippen LogP contribution in [0.15, 0.2) is 24.3 Å². The Kier molecular flexibility index (Phi) is 13.1. The van der Waals surface area contributed by atoms with Crippen molar-refractivity contribution < 1.29 is 23.9 Å². The van der Waals surface area contributed by atoms with Crippen molar-refractivity contribution in [2.75, 3.05) is 33.8 Å². The molecule has 1 fully saturated rings. The van der Waals surface area contributed by atoms with Gasteiger partial charge in [0.2, 0.25) is 5.91 Å². The van der Waals surface area contributed by atoms with Crippen molar-refractivity contribution in [3.8, 4) is 5.75 Å². The van der Waals surface area contributed by atoms with Gasteiger partial charge in [-0.25, -0.2) is 4.79 Å². The highest BCUT2D eigenvalue weighted by Gasteiger charge is 2.31. The number of alkyl carbamates (subject to hydrolysis) is 1. The van der Waals surface area contributed by atoms with E-state index in [1.165, 1.54) is 0 Å². The summed E-state index contributed by atoms with van der Waals surface area (Å²) < 4.78 is 11.1. The highest BCUT2D eigenvalue weighted by molar-refractivity contribution is 5.89. The molecule has 1 saturated carbocycles. The summed E-state index contributed by atoms with van der Waals surface area (Å²) in [4.78, 5) is 41.0. The molecule has 1 aromatic rings. The van der Waals surface area contributed by atoms with Crippen molar-refractivity contribution in [2.24, 2.45) is 23.5 Å². The minimum atomic E-state index is -0.563. The molecule has 2 aliphatic rings. The van der Waals surface area contributed by atoms with Crippen molar-refractivity contribution >= 4 is 17.8 Å². The first kappa shape index (κ1) is 33.8. The topological polar surface area (TPSA) is 123 Å². The Hall–Kier alpha value is -2.65. The van der Waals surface area contributed by atoms with Gasteiger partial charge in [-0.1, -0.05) is 37.5 Å². The van der Waals surface area contributed by atoms with E-state index in [0.29, 0.717) is 44.2 Å². The first-order chi connectivity index (χ1) is 19.9. The Morgan fingerprint density at radius 3 is 2.43 bits per heavy atom. The van der Waals surface area contributed by atoms with Crippen LogP contribution in [0.5, 0.6) is 5.75 Å². The van der Waals surface area contributed by atoms with E-state index in [-0.39, 0.29) is 30.2 Å². The van der Waals surface area contributed by atoms with Gasteiger partial charge in [-0.2, -0.15) is 0 Å². The predicted octanol–water partition coefficient (Wildman–Crippen LogP) is 4.98. The average molecular weight is 587 g/mol. The number of fused-ring (bicyclic) bond motifs is 1. The molecule has 1 aliphatic carbocycles. The number of nitrogens with two attached hydrogens (primary N) is 1. The molecule has 236 valence electrons. The van der Waals surface area contributed by atoms with Crippen LogP contribution in [-0.4, -0.2) is 68.1 Å². The van der Waals surface area contributed by atoms with E-state index in [0.717, 1.165) is 56.4 Å². The van der Waals surface area contributed by atoms with E-state index in [2.05, 4.69) is 15.5 Å². The van der Waals surface area contributed by atoms with Crippen LogP contribution in [0.3, 0.4) is 0 Å². The quantitative estimate of drug-likeness (QED) is 0.263. The monoisotopic (exact) mass is 586 g/mol. The number of Topliss-reactive ketones (excluding diaryl/α,β-unsaturated/α-hetero) is 1. The highest BCUT2D eigenvalue weighted by Crippen LogP contribution is 2.33. The normalized spacial score (nSPS) is 21.9. The van der Waals surface area contributed by atoms with Crippen LogP contribution < -0.4 is 21.1 Å². The molecule has 9 nitrogen and oxygen atoms in total. The molecular weight excluding hydrogens is 532 g/mol. The SMILES string of the molecule is CN(C)CCCC[C@H](CC(=O)[C@@H](N)CC1CCC(CNC(=O)OC(C)(C)C)CC1)C(=O)N[C@@H]1CCOc2ccccc21. The summed E-state index contributed by atoms with van der Waals surface area (Å²) in [5.74, 6) is 1.11. The van der Waals surface area contributed by atoms with Crippen molar-refractivity contribution in [2.45, 2.75) is 103 Å². The second-order valence-corrected chi connectivity index (χ2v) is 13.5. The van der Waals surface area contributed by atoms with Gasteiger partial charge < -0.3 is 30.7 Å². The molecule has 4 N–H and O–H groups in total. The summed E-state index contributed by atoms with van der Waals surface area (Å²) in [6.07, 6.45) is 7.63. The summed E-state index contributed by atoms with van der Waals surface area (Å²) in [5, 5.41) is 6.12. The fourth-order valence-electron chi connectivity index (χ4n) is 6.02. The number of ether oxygens (including phenoxy) is 2. The third kappa shape index (κ3) is 11.6. The van der Waals surface area contributed by atoms with Crippen LogP contribution in [0, 0.1) is 17.8 Å². The molecule has 0 radical (unpaired) electrons. The lowest BCUT2D eigenvalue weighted by atomic mass is 9.78. The molecule has 0 saturated heterocycles. The van der Waals surface area contributed by atoms with Crippen molar-refractivity contribution in [1.82, 2.24) is 15.5 Å². The summed E-state index contributed by atoms with van der Waals surface area (Å²) in [5.41, 5.74) is 6.93. The number of hydrogen-bond donors (Lipinski definition) is 3. The molecule has 1 aromatic carbocycles. The van der Waals surface area contributed by atoms with Gasteiger partial charge >= 0.3 is 6.09 Å². The Balaban J connectivity index is 1.49. The van der Waals surface area contributed by atoms with E-state index in [4.69, 9.17) is 15.2 Å². The second-order valence-electron chi connectivity index (χ2n) is 13.5. The van der Waals surface area contributed by atoms with Crippen LogP contribution >= 0.6 is 0 Å². The third-order valence-electron chi connectivity index (χ3n) is 8.40. The summed E-state index contributed by atoms with van der Waals surface area (Å²) in [6, 6.07) is 7.14. The molecule has 0 spiro atoms. The van der Waals surface area contributed by atoms with Crippen molar-refractivity contribution in [3.63, 3.8) is 0 Å². The number of nitrogens with zero attached hydrogens (tertiary/aromatic N) is 1. The van der Waals surface area contributed by atoms with Crippen molar-refractivity contribution in [3.05, 3.63) is 29.8 Å². The maximum atomic E-state index is 13.5. The fraction of sp³-hybridized carbons (Fsp3) is 0.727. The standard InChI is InChI=1S/C33H54N4O5/c1-33(2,3)42-32(40)35-22-24-15-13-23(14-16-24)20-27(34)29(38)21-25(10-8-9-18-37(4)5)31(39)36-28-17-19-41-30-12-7-6-11-26(28)30/h6-7,11-12,23-25,27-28H,8-10,13-22,34H2,1-5H3,(H,35,40)(H,36,39)/t23?,24?,25-,27+,28-/m1/s1. The van der Waals surface area contributed by atoms with E-state index >= 15 is 0 Å². The Bertz CT molecular complexity index is 1020. The van der Waals surface area contributed by atoms with Gasteiger partial charge in [0.15, 0.2) is 0 Å². The molecule has 42 heavy (non-hydrogen) atoms. The van der Waals surface area contributed by atoms with Gasteiger partial charge in [0, 0.05) is 30.9 Å². The number of amides is 2. The van der Waals surface area contributed by atoms with E-state index in [1.807, 2.05) is 59.1 Å². The molecule has 1 aliphatic heterocycles. The Labute approximate surface area is 252 Å². The lowest BCUT2D eigenvalue weighted by Gasteiger charge is -2.30. The molecule has 3 atom stereocenters. The first-order valence-corrected chi connectivity index (χ1v) is 15.8. The molecule has 3 rings (SSSR count). The van der Waals surface area contributed by atoms with Crippen LogP contribution in [-0.2, 0) is 14.3 Å². The number of unbranched alkanes of at least 4 members (excludes halogenated alkanes) is 1. The maximum Gasteiger partial charge on any atom is 0.407 e. The largest absolute Gasteiger partial charge is 0.493 e. The molecule has 0 bridgehead atoms. The van der Waals surface area contributed by atoms with Gasteiger partial charge in [-0.05, 0) is 91.4 Å². The van der Waals surface area contributed by atoms with Gasteiger partial charge in [-0.3, -0.25) is 9.59 Å². The molecule has 2 amide bonds. The maximum absolute atomic E-state index is 13.5. The Morgan fingerprint density at radius 1 is 1.05 bits per heavy atom. The zero-order valence-electron chi connectivity index (χ0n) is 26.5. The minimum absolute atomic E-state index is 0.0242. The number of benzene rings is 1. The summed E-state index contributed by atoms with van der Waals surface area (Å²) >= 11 is 0.